The van der Waals surface area contributed by atoms with Gasteiger partial charge in [-0.3, -0.25) is 14.4 Å². The van der Waals surface area contributed by atoms with Crippen molar-refractivity contribution in [2.45, 2.75) is 19.1 Å². The highest BCUT2D eigenvalue weighted by Gasteiger charge is 2.59. The van der Waals surface area contributed by atoms with Crippen molar-refractivity contribution < 1.29 is 14.4 Å². The van der Waals surface area contributed by atoms with Gasteiger partial charge < -0.3 is 0 Å². The zero-order chi connectivity index (χ0) is 16.1. The lowest BCUT2D eigenvalue weighted by Crippen LogP contribution is -2.36. The van der Waals surface area contributed by atoms with Crippen LogP contribution in [0.25, 0.3) is 0 Å². The number of hydroxylamine groups is 2. The van der Waals surface area contributed by atoms with E-state index in [1.165, 1.54) is 9.78 Å². The molecule has 5 nitrogen and oxygen atoms in total. The van der Waals surface area contributed by atoms with Crippen LogP contribution in [0.2, 0.25) is 0 Å². The Hall–Kier alpha value is -2.02. The lowest BCUT2D eigenvalue weighted by atomic mass is 9.96. The van der Waals surface area contributed by atoms with Gasteiger partial charge in [0.05, 0.1) is 17.6 Å². The van der Waals surface area contributed by atoms with Crippen molar-refractivity contribution in [3.05, 3.63) is 52.2 Å². The molecule has 0 unspecified atom stereocenters. The van der Waals surface area contributed by atoms with Crippen molar-refractivity contribution in [1.82, 2.24) is 5.06 Å². The zero-order valence-electron chi connectivity index (χ0n) is 12.8. The first-order chi connectivity index (χ1) is 11.1. The molecule has 3 atom stereocenters. The third-order valence-corrected chi connectivity index (χ3v) is 5.45. The molecule has 0 bridgehead atoms. The fraction of sp³-hybridized carbons (Fsp3) is 0.294. The van der Waals surface area contributed by atoms with Gasteiger partial charge in [0.15, 0.2) is 6.10 Å². The van der Waals surface area contributed by atoms with E-state index in [-0.39, 0.29) is 17.9 Å². The Morgan fingerprint density at radius 1 is 1.04 bits per heavy atom. The fourth-order valence-corrected chi connectivity index (χ4v) is 4.41. The van der Waals surface area contributed by atoms with Gasteiger partial charge >= 0.3 is 0 Å². The number of hydrogen-bond acceptors (Lipinski definition) is 5. The molecule has 1 aromatic carbocycles. The van der Waals surface area contributed by atoms with Gasteiger partial charge in [0.25, 0.3) is 5.91 Å². The summed E-state index contributed by atoms with van der Waals surface area (Å²) in [5, 5.41) is 1.65. The summed E-state index contributed by atoms with van der Waals surface area (Å²) in [6.45, 7) is 2.03. The molecule has 118 valence electrons. The molecule has 0 radical (unpaired) electrons. The minimum absolute atomic E-state index is 0.188. The second kappa shape index (κ2) is 5.26. The fourth-order valence-electron chi connectivity index (χ4n) is 3.35. The molecule has 2 saturated heterocycles. The third kappa shape index (κ3) is 2.14. The summed E-state index contributed by atoms with van der Waals surface area (Å²) in [6, 6.07) is 12.8. The topological polar surface area (TPSA) is 49.9 Å². The van der Waals surface area contributed by atoms with Gasteiger partial charge in [0, 0.05) is 16.8 Å². The SMILES string of the molecule is Cc1ccc([C@H]2[C@H]3C(=O)N(c4ccccc4)C(=O)[C@H]3ON2C)s1. The van der Waals surface area contributed by atoms with Gasteiger partial charge in [-0.15, -0.1) is 11.3 Å². The summed E-state index contributed by atoms with van der Waals surface area (Å²) in [6.07, 6.45) is -0.736. The minimum atomic E-state index is -0.736. The van der Waals surface area contributed by atoms with Gasteiger partial charge in [-0.2, -0.15) is 5.06 Å². The number of benzene rings is 1. The number of amides is 2. The van der Waals surface area contributed by atoms with Crippen LogP contribution in [0.15, 0.2) is 42.5 Å². The van der Waals surface area contributed by atoms with E-state index in [9.17, 15) is 9.59 Å². The van der Waals surface area contributed by atoms with Gasteiger partial charge in [0.2, 0.25) is 5.91 Å². The molecule has 1 aromatic heterocycles. The Morgan fingerprint density at radius 3 is 2.43 bits per heavy atom. The van der Waals surface area contributed by atoms with Crippen LogP contribution in [0.4, 0.5) is 5.69 Å². The summed E-state index contributed by atoms with van der Waals surface area (Å²) in [5.74, 6) is -0.966. The Labute approximate surface area is 138 Å². The average Bonchev–Trinajstić information content (AvgIpc) is 3.17. The quantitative estimate of drug-likeness (QED) is 0.795. The van der Waals surface area contributed by atoms with E-state index in [1.54, 1.807) is 35.6 Å². The average molecular weight is 328 g/mol. The molecule has 2 aromatic rings. The van der Waals surface area contributed by atoms with Crippen LogP contribution >= 0.6 is 11.3 Å². The number of aryl methyl sites for hydroxylation is 1. The van der Waals surface area contributed by atoms with Crippen LogP contribution in [0.5, 0.6) is 0 Å². The van der Waals surface area contributed by atoms with Crippen LogP contribution in [0, 0.1) is 12.8 Å². The maximum absolute atomic E-state index is 12.9. The molecule has 6 heteroatoms. The maximum atomic E-state index is 12.9. The Bertz CT molecular complexity index is 773. The highest BCUT2D eigenvalue weighted by molar-refractivity contribution is 7.12. The number of thiophene rings is 1. The molecular formula is C17H16N2O3S. The zero-order valence-corrected chi connectivity index (χ0v) is 13.6. The van der Waals surface area contributed by atoms with Crippen LogP contribution in [-0.4, -0.2) is 30.0 Å². The summed E-state index contributed by atoms with van der Waals surface area (Å²) < 4.78 is 0. The molecule has 2 aliphatic heterocycles. The summed E-state index contributed by atoms with van der Waals surface area (Å²) >= 11 is 1.63. The molecular weight excluding hydrogens is 312 g/mol. The molecule has 0 aliphatic carbocycles. The highest BCUT2D eigenvalue weighted by Crippen LogP contribution is 2.46. The molecule has 2 fully saturated rings. The normalized spacial score (nSPS) is 27.7. The van der Waals surface area contributed by atoms with E-state index in [0.717, 1.165) is 4.88 Å². The van der Waals surface area contributed by atoms with Crippen molar-refractivity contribution in [1.29, 1.82) is 0 Å². The maximum Gasteiger partial charge on any atom is 0.265 e. The predicted molar refractivity (Wildman–Crippen MR) is 86.9 cm³/mol. The molecule has 0 saturated carbocycles. The van der Waals surface area contributed by atoms with Gasteiger partial charge in [-0.1, -0.05) is 18.2 Å². The summed E-state index contributed by atoms with van der Waals surface area (Å²) in [4.78, 5) is 34.8. The van der Waals surface area contributed by atoms with Crippen LogP contribution in [0.3, 0.4) is 0 Å². The molecule has 3 heterocycles. The number of hydrogen-bond donors (Lipinski definition) is 0. The van der Waals surface area contributed by atoms with E-state index in [4.69, 9.17) is 4.84 Å². The number of para-hydroxylation sites is 1. The Kier molecular flexibility index (Phi) is 3.33. The number of carbonyl (C=O) groups is 2. The summed E-state index contributed by atoms with van der Waals surface area (Å²) in [5.41, 5.74) is 0.601. The molecule has 2 amide bonds. The number of anilines is 1. The van der Waals surface area contributed by atoms with Crippen molar-refractivity contribution >= 4 is 28.8 Å². The predicted octanol–water partition coefficient (Wildman–Crippen LogP) is 2.53. The van der Waals surface area contributed by atoms with Crippen LogP contribution in [-0.2, 0) is 14.4 Å². The Balaban J connectivity index is 1.73. The number of imide groups is 1. The van der Waals surface area contributed by atoms with Crippen molar-refractivity contribution in [3.63, 3.8) is 0 Å². The van der Waals surface area contributed by atoms with Gasteiger partial charge in [-0.25, -0.2) is 4.90 Å². The third-order valence-electron chi connectivity index (χ3n) is 4.37. The van der Waals surface area contributed by atoms with E-state index < -0.39 is 12.0 Å². The molecule has 0 spiro atoms. The number of nitrogens with zero attached hydrogens (tertiary/aromatic N) is 2. The summed E-state index contributed by atoms with van der Waals surface area (Å²) in [7, 11) is 1.78. The first kappa shape index (κ1) is 14.6. The molecule has 0 N–H and O–H groups in total. The smallest absolute Gasteiger partial charge is 0.265 e. The molecule has 23 heavy (non-hydrogen) atoms. The first-order valence-corrected chi connectivity index (χ1v) is 8.28. The van der Waals surface area contributed by atoms with E-state index in [2.05, 4.69) is 0 Å². The second-order valence-electron chi connectivity index (χ2n) is 5.84. The van der Waals surface area contributed by atoms with E-state index >= 15 is 0 Å². The van der Waals surface area contributed by atoms with E-state index in [0.29, 0.717) is 5.69 Å². The number of rotatable bonds is 2. The molecule has 2 aliphatic rings. The van der Waals surface area contributed by atoms with E-state index in [1.807, 2.05) is 37.3 Å². The largest absolute Gasteiger partial charge is 0.284 e. The lowest BCUT2D eigenvalue weighted by molar-refractivity contribution is -0.160. The van der Waals surface area contributed by atoms with Gasteiger partial charge in [-0.05, 0) is 31.2 Å². The standard InChI is InChI=1S/C17H16N2O3S/c1-10-8-9-12(23-10)14-13-15(22-18(14)2)17(21)19(16(13)20)11-6-4-3-5-7-11/h3-9,13-15H,1-2H3/t13-,14+,15+/m1/s1. The van der Waals surface area contributed by atoms with Crippen molar-refractivity contribution in [2.75, 3.05) is 11.9 Å². The Morgan fingerprint density at radius 2 is 1.78 bits per heavy atom. The van der Waals surface area contributed by atoms with Crippen LogP contribution < -0.4 is 4.90 Å². The van der Waals surface area contributed by atoms with Crippen molar-refractivity contribution in [2.24, 2.45) is 5.92 Å². The first-order valence-electron chi connectivity index (χ1n) is 7.47. The number of carbonyl (C=O) groups excluding carboxylic acids is 2. The minimum Gasteiger partial charge on any atom is -0.284 e. The molecule has 4 rings (SSSR count). The van der Waals surface area contributed by atoms with Crippen molar-refractivity contribution in [3.8, 4) is 0 Å². The highest BCUT2D eigenvalue weighted by atomic mass is 32.1. The number of fused-ring (bicyclic) bond motifs is 1. The monoisotopic (exact) mass is 328 g/mol. The second-order valence-corrected chi connectivity index (χ2v) is 7.16. The van der Waals surface area contributed by atoms with Crippen LogP contribution in [0.1, 0.15) is 15.8 Å². The lowest BCUT2D eigenvalue weighted by Gasteiger charge is -2.23. The van der Waals surface area contributed by atoms with Gasteiger partial charge in [0.1, 0.15) is 0 Å².